The van der Waals surface area contributed by atoms with Gasteiger partial charge in [-0.3, -0.25) is 4.90 Å². The number of nitrogens with zero attached hydrogens (tertiary/aromatic N) is 1. The molecule has 0 bridgehead atoms. The Labute approximate surface area is 128 Å². The average molecular weight is 288 g/mol. The van der Waals surface area contributed by atoms with Crippen molar-refractivity contribution in [1.29, 1.82) is 0 Å². The van der Waals surface area contributed by atoms with Gasteiger partial charge in [-0.2, -0.15) is 0 Å². The van der Waals surface area contributed by atoms with E-state index in [1.54, 1.807) is 0 Å². The summed E-state index contributed by atoms with van der Waals surface area (Å²) in [6, 6.07) is 11.0. The third kappa shape index (κ3) is 5.01. The largest absolute Gasteiger partial charge is 0.494 e. The molecule has 3 heteroatoms. The van der Waals surface area contributed by atoms with Crippen molar-refractivity contribution in [3.8, 4) is 5.75 Å². The van der Waals surface area contributed by atoms with Gasteiger partial charge in [0.25, 0.3) is 0 Å². The van der Waals surface area contributed by atoms with Crippen molar-refractivity contribution in [1.82, 2.24) is 10.2 Å². The molecular weight excluding hydrogens is 260 g/mol. The van der Waals surface area contributed by atoms with Crippen LogP contribution in [0, 0.1) is 5.92 Å². The van der Waals surface area contributed by atoms with Gasteiger partial charge in [-0.25, -0.2) is 0 Å². The average Bonchev–Trinajstić information content (AvgIpc) is 3.37. The quantitative estimate of drug-likeness (QED) is 0.744. The Balaban J connectivity index is 1.37. The van der Waals surface area contributed by atoms with E-state index in [0.717, 1.165) is 30.7 Å². The Morgan fingerprint density at radius 1 is 1.14 bits per heavy atom. The zero-order chi connectivity index (χ0) is 14.3. The number of hydrogen-bond acceptors (Lipinski definition) is 3. The number of nitrogens with one attached hydrogen (secondary N) is 1. The van der Waals surface area contributed by atoms with Crippen LogP contribution < -0.4 is 10.1 Å². The molecule has 0 aromatic heterocycles. The zero-order valence-electron chi connectivity index (χ0n) is 13.0. The van der Waals surface area contributed by atoms with Crippen LogP contribution in [-0.2, 0) is 0 Å². The summed E-state index contributed by atoms with van der Waals surface area (Å²) in [5.74, 6) is 1.85. The Hall–Kier alpha value is -1.06. The molecule has 1 aromatic rings. The third-order valence-corrected chi connectivity index (χ3v) is 4.56. The van der Waals surface area contributed by atoms with Crippen molar-refractivity contribution in [2.24, 2.45) is 5.92 Å². The van der Waals surface area contributed by atoms with Crippen molar-refractivity contribution in [2.75, 3.05) is 32.8 Å². The van der Waals surface area contributed by atoms with E-state index in [0.29, 0.717) is 0 Å². The molecule has 1 saturated heterocycles. The second-order valence-corrected chi connectivity index (χ2v) is 6.45. The molecule has 0 radical (unpaired) electrons. The maximum atomic E-state index is 5.81. The standard InChI is InChI=1S/C18H28N2O/c1-2-7-18(8-3-1)21-13-5-12-20(17-9-10-17)15-16-6-4-11-19-14-16/h1-3,7-8,16-17,19H,4-6,9-15H2. The molecule has 1 heterocycles. The Kier molecular flexibility index (Phi) is 5.53. The maximum absolute atomic E-state index is 5.81. The van der Waals surface area contributed by atoms with E-state index in [4.69, 9.17) is 4.74 Å². The fourth-order valence-corrected chi connectivity index (χ4v) is 3.25. The molecule has 21 heavy (non-hydrogen) atoms. The number of ether oxygens (including phenoxy) is 1. The van der Waals surface area contributed by atoms with Gasteiger partial charge in [-0.1, -0.05) is 18.2 Å². The minimum atomic E-state index is 0.830. The van der Waals surface area contributed by atoms with Gasteiger partial charge in [0.15, 0.2) is 0 Å². The molecule has 1 aliphatic carbocycles. The van der Waals surface area contributed by atoms with E-state index in [1.165, 1.54) is 51.9 Å². The molecule has 1 aliphatic heterocycles. The second-order valence-electron chi connectivity index (χ2n) is 6.45. The molecule has 3 nitrogen and oxygen atoms in total. The first kappa shape index (κ1) is 14.9. The van der Waals surface area contributed by atoms with E-state index in [9.17, 15) is 0 Å². The minimum Gasteiger partial charge on any atom is -0.494 e. The summed E-state index contributed by atoms with van der Waals surface area (Å²) in [6.07, 6.45) is 6.68. The van der Waals surface area contributed by atoms with Crippen LogP contribution in [0.4, 0.5) is 0 Å². The summed E-state index contributed by atoms with van der Waals surface area (Å²) in [6.45, 7) is 5.72. The number of rotatable bonds is 8. The van der Waals surface area contributed by atoms with Crippen LogP contribution in [0.2, 0.25) is 0 Å². The number of para-hydroxylation sites is 1. The van der Waals surface area contributed by atoms with Crippen LogP contribution in [0.5, 0.6) is 5.75 Å². The Bertz CT molecular complexity index is 399. The van der Waals surface area contributed by atoms with Gasteiger partial charge in [-0.15, -0.1) is 0 Å². The van der Waals surface area contributed by atoms with Gasteiger partial charge in [0, 0.05) is 19.1 Å². The summed E-state index contributed by atoms with van der Waals surface area (Å²) >= 11 is 0. The maximum Gasteiger partial charge on any atom is 0.119 e. The highest BCUT2D eigenvalue weighted by Crippen LogP contribution is 2.28. The zero-order valence-corrected chi connectivity index (χ0v) is 13.0. The highest BCUT2D eigenvalue weighted by molar-refractivity contribution is 5.20. The van der Waals surface area contributed by atoms with Crippen molar-refractivity contribution in [3.63, 3.8) is 0 Å². The monoisotopic (exact) mass is 288 g/mol. The van der Waals surface area contributed by atoms with Crippen molar-refractivity contribution >= 4 is 0 Å². The molecule has 1 aromatic carbocycles. The first-order chi connectivity index (χ1) is 10.4. The SMILES string of the molecule is c1ccc(OCCCN(CC2CCCNC2)C2CC2)cc1. The van der Waals surface area contributed by atoms with E-state index in [1.807, 2.05) is 30.3 Å². The van der Waals surface area contributed by atoms with Crippen molar-refractivity contribution < 1.29 is 4.74 Å². The Morgan fingerprint density at radius 2 is 2.00 bits per heavy atom. The van der Waals surface area contributed by atoms with Gasteiger partial charge >= 0.3 is 0 Å². The lowest BCUT2D eigenvalue weighted by molar-refractivity contribution is 0.184. The summed E-state index contributed by atoms with van der Waals surface area (Å²) in [4.78, 5) is 2.71. The van der Waals surface area contributed by atoms with Crippen LogP contribution in [-0.4, -0.2) is 43.7 Å². The smallest absolute Gasteiger partial charge is 0.119 e. The summed E-state index contributed by atoms with van der Waals surface area (Å²) in [7, 11) is 0. The first-order valence-corrected chi connectivity index (χ1v) is 8.54. The van der Waals surface area contributed by atoms with Gasteiger partial charge < -0.3 is 10.1 Å². The topological polar surface area (TPSA) is 24.5 Å². The fourth-order valence-electron chi connectivity index (χ4n) is 3.25. The summed E-state index contributed by atoms with van der Waals surface area (Å²) in [5.41, 5.74) is 0. The van der Waals surface area contributed by atoms with Gasteiger partial charge in [0.1, 0.15) is 5.75 Å². The molecule has 2 fully saturated rings. The first-order valence-electron chi connectivity index (χ1n) is 8.54. The highest BCUT2D eigenvalue weighted by Gasteiger charge is 2.30. The number of piperidine rings is 1. The van der Waals surface area contributed by atoms with E-state index in [2.05, 4.69) is 10.2 Å². The molecule has 1 atom stereocenters. The lowest BCUT2D eigenvalue weighted by Crippen LogP contribution is -2.39. The van der Waals surface area contributed by atoms with Crippen LogP contribution in [0.1, 0.15) is 32.1 Å². The number of hydrogen-bond donors (Lipinski definition) is 1. The molecule has 116 valence electrons. The van der Waals surface area contributed by atoms with Gasteiger partial charge in [-0.05, 0) is 63.2 Å². The molecule has 1 saturated carbocycles. The minimum absolute atomic E-state index is 0.830. The second kappa shape index (κ2) is 7.81. The van der Waals surface area contributed by atoms with Crippen LogP contribution in [0.25, 0.3) is 0 Å². The molecule has 3 rings (SSSR count). The van der Waals surface area contributed by atoms with Gasteiger partial charge in [0.2, 0.25) is 0 Å². The molecule has 1 N–H and O–H groups in total. The van der Waals surface area contributed by atoms with Crippen LogP contribution in [0.3, 0.4) is 0 Å². The Morgan fingerprint density at radius 3 is 2.71 bits per heavy atom. The van der Waals surface area contributed by atoms with Crippen molar-refractivity contribution in [2.45, 2.75) is 38.1 Å². The predicted molar refractivity (Wildman–Crippen MR) is 86.7 cm³/mol. The normalized spacial score (nSPS) is 22.4. The molecule has 0 amide bonds. The highest BCUT2D eigenvalue weighted by atomic mass is 16.5. The lowest BCUT2D eigenvalue weighted by atomic mass is 9.99. The van der Waals surface area contributed by atoms with Crippen molar-refractivity contribution in [3.05, 3.63) is 30.3 Å². The van der Waals surface area contributed by atoms with E-state index < -0.39 is 0 Å². The molecular formula is C18H28N2O. The van der Waals surface area contributed by atoms with Gasteiger partial charge in [0.05, 0.1) is 6.61 Å². The molecule has 1 unspecified atom stereocenters. The number of benzene rings is 1. The van der Waals surface area contributed by atoms with E-state index in [-0.39, 0.29) is 0 Å². The fraction of sp³-hybridized carbons (Fsp3) is 0.667. The van der Waals surface area contributed by atoms with Crippen LogP contribution in [0.15, 0.2) is 30.3 Å². The third-order valence-electron chi connectivity index (χ3n) is 4.56. The van der Waals surface area contributed by atoms with E-state index >= 15 is 0 Å². The lowest BCUT2D eigenvalue weighted by Gasteiger charge is -2.30. The van der Waals surface area contributed by atoms with Crippen LogP contribution >= 0.6 is 0 Å². The molecule has 2 aliphatic rings. The molecule has 0 spiro atoms. The summed E-state index contributed by atoms with van der Waals surface area (Å²) < 4.78 is 5.81. The predicted octanol–water partition coefficient (Wildman–Crippen LogP) is 2.92. The summed E-state index contributed by atoms with van der Waals surface area (Å²) in [5, 5.41) is 3.54.